The number of hydrogen-bond acceptors (Lipinski definition) is 5. The van der Waals surface area contributed by atoms with E-state index in [1.807, 2.05) is 48.5 Å². The highest BCUT2D eigenvalue weighted by Crippen LogP contribution is 2.73. The number of aliphatic hydroxyl groups is 1. The second-order valence-electron chi connectivity index (χ2n) is 12.3. The highest BCUT2D eigenvalue weighted by atomic mass is 16.8. The molecule has 2 aromatic rings. The lowest BCUT2D eigenvalue weighted by atomic mass is 9.68. The van der Waals surface area contributed by atoms with E-state index in [0.717, 1.165) is 24.0 Å². The molecule has 4 fully saturated rings. The third-order valence-electron chi connectivity index (χ3n) is 10.4. The summed E-state index contributed by atoms with van der Waals surface area (Å²) >= 11 is 0. The van der Waals surface area contributed by atoms with Crippen LogP contribution in [-0.4, -0.2) is 41.4 Å². The van der Waals surface area contributed by atoms with Gasteiger partial charge in [0.1, 0.15) is 18.3 Å². The fourth-order valence-corrected chi connectivity index (χ4v) is 7.66. The van der Waals surface area contributed by atoms with E-state index in [9.17, 15) is 5.11 Å². The molecule has 194 valence electrons. The molecule has 3 aliphatic carbocycles. The molecule has 2 bridgehead atoms. The topological polar surface area (TPSA) is 57.2 Å². The molecule has 1 aliphatic heterocycles. The van der Waals surface area contributed by atoms with Crippen LogP contribution in [-0.2, 0) is 32.2 Å². The number of ether oxygens (including phenoxy) is 4. The third-order valence-corrected chi connectivity index (χ3v) is 10.4. The Morgan fingerprint density at radius 2 is 1.39 bits per heavy atom. The second kappa shape index (κ2) is 8.92. The highest BCUT2D eigenvalue weighted by Gasteiger charge is 2.75. The van der Waals surface area contributed by atoms with Gasteiger partial charge in [-0.3, -0.25) is 0 Å². The molecule has 1 heterocycles. The molecule has 5 nitrogen and oxygen atoms in total. The van der Waals surface area contributed by atoms with Crippen LogP contribution >= 0.6 is 0 Å². The number of hydrogen-bond donors (Lipinski definition) is 1. The van der Waals surface area contributed by atoms with Crippen LogP contribution < -0.4 is 0 Å². The Morgan fingerprint density at radius 1 is 0.833 bits per heavy atom. The lowest BCUT2D eigenvalue weighted by Crippen LogP contribution is -2.60. The van der Waals surface area contributed by atoms with Crippen molar-refractivity contribution in [2.24, 2.45) is 22.7 Å². The summed E-state index contributed by atoms with van der Waals surface area (Å²) < 4.78 is 26.9. The fraction of sp³-hybridized carbons (Fsp3) is 0.613. The van der Waals surface area contributed by atoms with Gasteiger partial charge in [0.05, 0.1) is 25.4 Å². The molecular formula is C31H40O5. The average molecular weight is 493 g/mol. The first-order chi connectivity index (χ1) is 17.3. The van der Waals surface area contributed by atoms with Crippen molar-refractivity contribution in [1.29, 1.82) is 0 Å². The zero-order chi connectivity index (χ0) is 25.1. The summed E-state index contributed by atoms with van der Waals surface area (Å²) in [4.78, 5) is 0. The van der Waals surface area contributed by atoms with Gasteiger partial charge in [0, 0.05) is 17.8 Å². The van der Waals surface area contributed by atoms with Gasteiger partial charge in [-0.2, -0.15) is 0 Å². The van der Waals surface area contributed by atoms with E-state index >= 15 is 0 Å². The van der Waals surface area contributed by atoms with Crippen molar-refractivity contribution >= 4 is 0 Å². The summed E-state index contributed by atoms with van der Waals surface area (Å²) in [5.74, 6) is -0.0852. The number of aliphatic hydroxyl groups excluding tert-OH is 1. The normalized spacial score (nSPS) is 42.6. The second-order valence-corrected chi connectivity index (χ2v) is 12.3. The number of rotatable bonds is 6. The van der Waals surface area contributed by atoms with Gasteiger partial charge < -0.3 is 24.1 Å². The zero-order valence-corrected chi connectivity index (χ0v) is 21.9. The van der Waals surface area contributed by atoms with E-state index in [1.165, 1.54) is 6.42 Å². The Balaban J connectivity index is 1.29. The maximum absolute atomic E-state index is 11.6. The van der Waals surface area contributed by atoms with Crippen molar-refractivity contribution < 1.29 is 24.1 Å². The maximum atomic E-state index is 11.6. The maximum Gasteiger partial charge on any atom is 0.175 e. The predicted octanol–water partition coefficient (Wildman–Crippen LogP) is 5.49. The summed E-state index contributed by atoms with van der Waals surface area (Å²) in [6.07, 6.45) is 0.957. The van der Waals surface area contributed by atoms with Crippen molar-refractivity contribution in [3.05, 3.63) is 71.8 Å². The first kappa shape index (κ1) is 24.6. The monoisotopic (exact) mass is 492 g/mol. The van der Waals surface area contributed by atoms with Crippen LogP contribution in [0.1, 0.15) is 58.1 Å². The Morgan fingerprint density at radius 3 is 1.92 bits per heavy atom. The van der Waals surface area contributed by atoms with Gasteiger partial charge in [-0.05, 0) is 35.3 Å². The largest absolute Gasteiger partial charge is 0.388 e. The van der Waals surface area contributed by atoms with Crippen LogP contribution in [0, 0.1) is 22.7 Å². The fourth-order valence-electron chi connectivity index (χ4n) is 7.66. The quantitative estimate of drug-likeness (QED) is 0.578. The van der Waals surface area contributed by atoms with Crippen molar-refractivity contribution in [2.75, 3.05) is 0 Å². The van der Waals surface area contributed by atoms with Gasteiger partial charge in [0.2, 0.25) is 0 Å². The lowest BCUT2D eigenvalue weighted by Gasteiger charge is -2.45. The summed E-state index contributed by atoms with van der Waals surface area (Å²) in [6.45, 7) is 10.1. The summed E-state index contributed by atoms with van der Waals surface area (Å²) in [6, 6.07) is 20.2. The van der Waals surface area contributed by atoms with Crippen molar-refractivity contribution in [2.45, 2.75) is 96.5 Å². The lowest BCUT2D eigenvalue weighted by molar-refractivity contribution is -0.257. The van der Waals surface area contributed by atoms with Crippen LogP contribution in [0.4, 0.5) is 0 Å². The minimum Gasteiger partial charge on any atom is -0.388 e. The van der Waals surface area contributed by atoms with Gasteiger partial charge in [0.15, 0.2) is 5.79 Å². The minimum absolute atomic E-state index is 0.0319. The summed E-state index contributed by atoms with van der Waals surface area (Å²) in [5, 5.41) is 11.6. The van der Waals surface area contributed by atoms with Gasteiger partial charge in [-0.25, -0.2) is 0 Å². The standard InChI is InChI=1S/C31H40O5/c1-20-25(33-18-21-11-7-5-8-12-21)24(32)27(34-19-22-13-9-6-10-14-22)28-26(20)35-31(36-28)17-23-15-16-30(31,4)29(23,2)3/h5-14,20,23-28,32H,15-19H2,1-4H3/t20-,23?,24?,25?,26?,27+,28-,30+,31?/m1/s1. The third kappa shape index (κ3) is 3.62. The molecule has 9 atom stereocenters. The molecule has 1 saturated heterocycles. The Bertz CT molecular complexity index is 1060. The van der Waals surface area contributed by atoms with E-state index in [-0.39, 0.29) is 29.0 Å². The molecule has 5 heteroatoms. The molecule has 2 aromatic carbocycles. The van der Waals surface area contributed by atoms with E-state index < -0.39 is 24.1 Å². The molecule has 0 amide bonds. The van der Waals surface area contributed by atoms with Crippen LogP contribution in [0.15, 0.2) is 60.7 Å². The Kier molecular flexibility index (Phi) is 6.09. The number of fused-ring (bicyclic) bond motifs is 4. The van der Waals surface area contributed by atoms with Gasteiger partial charge in [-0.1, -0.05) is 88.4 Å². The molecule has 1 N–H and O–H groups in total. The summed E-state index contributed by atoms with van der Waals surface area (Å²) in [5.41, 5.74) is 2.23. The molecule has 3 saturated carbocycles. The van der Waals surface area contributed by atoms with Crippen molar-refractivity contribution in [3.63, 3.8) is 0 Å². The molecular weight excluding hydrogens is 452 g/mol. The van der Waals surface area contributed by atoms with E-state index in [0.29, 0.717) is 19.1 Å². The smallest absolute Gasteiger partial charge is 0.175 e. The molecule has 5 unspecified atom stereocenters. The van der Waals surface area contributed by atoms with Crippen LogP contribution in [0.25, 0.3) is 0 Å². The number of benzene rings is 2. The van der Waals surface area contributed by atoms with Gasteiger partial charge in [-0.15, -0.1) is 0 Å². The van der Waals surface area contributed by atoms with Gasteiger partial charge in [0.25, 0.3) is 0 Å². The minimum atomic E-state index is -0.813. The zero-order valence-electron chi connectivity index (χ0n) is 21.9. The van der Waals surface area contributed by atoms with Crippen LogP contribution in [0.3, 0.4) is 0 Å². The van der Waals surface area contributed by atoms with E-state index in [2.05, 4.69) is 39.8 Å². The van der Waals surface area contributed by atoms with E-state index in [1.54, 1.807) is 0 Å². The van der Waals surface area contributed by atoms with Gasteiger partial charge >= 0.3 is 0 Å². The first-order valence-corrected chi connectivity index (χ1v) is 13.6. The van der Waals surface area contributed by atoms with Crippen molar-refractivity contribution in [1.82, 2.24) is 0 Å². The Hall–Kier alpha value is -1.76. The van der Waals surface area contributed by atoms with Crippen LogP contribution in [0.5, 0.6) is 0 Å². The van der Waals surface area contributed by atoms with Crippen molar-refractivity contribution in [3.8, 4) is 0 Å². The first-order valence-electron chi connectivity index (χ1n) is 13.6. The molecule has 0 aromatic heterocycles. The summed E-state index contributed by atoms with van der Waals surface area (Å²) in [7, 11) is 0. The molecule has 36 heavy (non-hydrogen) atoms. The highest BCUT2D eigenvalue weighted by molar-refractivity contribution is 5.20. The predicted molar refractivity (Wildman–Crippen MR) is 137 cm³/mol. The average Bonchev–Trinajstić information content (AvgIpc) is 3.42. The Labute approximate surface area is 215 Å². The molecule has 4 aliphatic rings. The molecule has 1 spiro atoms. The van der Waals surface area contributed by atoms with Crippen LogP contribution in [0.2, 0.25) is 0 Å². The van der Waals surface area contributed by atoms with E-state index in [4.69, 9.17) is 18.9 Å². The molecule has 6 rings (SSSR count). The SMILES string of the molecule is C[C@@H]1C(OCc2ccccc2)C(O)[C@H](OCc2ccccc2)[C@@H]2OC3(CC4CC[C@@]3(C)C4(C)C)OC12. The molecule has 0 radical (unpaired) electrons.